The van der Waals surface area contributed by atoms with Crippen molar-refractivity contribution in [2.75, 3.05) is 84.4 Å². The Bertz CT molecular complexity index is 2720. The number of nitrogens with one attached hydrogen (secondary N) is 4. The molecule has 4 N–H and O–H groups in total. The summed E-state index contributed by atoms with van der Waals surface area (Å²) in [7, 11) is 3.78. The number of piperazine rings is 1. The highest BCUT2D eigenvalue weighted by Crippen LogP contribution is 2.34. The van der Waals surface area contributed by atoms with Crippen molar-refractivity contribution in [3.63, 3.8) is 0 Å². The summed E-state index contributed by atoms with van der Waals surface area (Å²) in [4.78, 5) is 76.6. The predicted octanol–water partition coefficient (Wildman–Crippen LogP) is 6.88. The van der Waals surface area contributed by atoms with Gasteiger partial charge in [0.25, 0.3) is 11.5 Å². The van der Waals surface area contributed by atoms with Gasteiger partial charge in [-0.25, -0.2) is 9.97 Å². The van der Waals surface area contributed by atoms with Crippen LogP contribution in [0.1, 0.15) is 111 Å². The van der Waals surface area contributed by atoms with Gasteiger partial charge in [0.05, 0.1) is 23.0 Å². The lowest BCUT2D eigenvalue weighted by molar-refractivity contribution is -0.135. The first-order valence-corrected chi connectivity index (χ1v) is 24.7. The zero-order valence-corrected chi connectivity index (χ0v) is 40.8. The molecule has 1 unspecified atom stereocenters. The van der Waals surface area contributed by atoms with Crippen LogP contribution in [0.4, 0.5) is 40.5 Å². The van der Waals surface area contributed by atoms with Crippen LogP contribution in [0.2, 0.25) is 0 Å². The fourth-order valence-corrected chi connectivity index (χ4v) is 10.7. The second kappa shape index (κ2) is 20.5. The highest BCUT2D eigenvalue weighted by Gasteiger charge is 2.36. The van der Waals surface area contributed by atoms with Crippen molar-refractivity contribution < 1.29 is 14.4 Å². The Hall–Kier alpha value is -6.69. The number of nitrogens with zero attached hydrogens (tertiary/aromatic N) is 10. The van der Waals surface area contributed by atoms with E-state index in [1.54, 1.807) is 23.8 Å². The first kappa shape index (κ1) is 47.4. The molecule has 4 fully saturated rings. The van der Waals surface area contributed by atoms with E-state index in [-0.39, 0.29) is 52.8 Å². The maximum absolute atomic E-state index is 13.9. The van der Waals surface area contributed by atoms with Crippen LogP contribution in [0.15, 0.2) is 59.7 Å². The number of amides is 2. The summed E-state index contributed by atoms with van der Waals surface area (Å²) in [6.45, 7) is 12.5. The average molecular weight is 939 g/mol. The summed E-state index contributed by atoms with van der Waals surface area (Å²) >= 11 is 0. The molecular weight excluding hydrogens is 873 g/mol. The summed E-state index contributed by atoms with van der Waals surface area (Å²) in [6, 6.07) is 14.0. The summed E-state index contributed by atoms with van der Waals surface area (Å²) in [6.07, 6.45) is 11.7. The first-order chi connectivity index (χ1) is 33.3. The van der Waals surface area contributed by atoms with Gasteiger partial charge in [-0.2, -0.15) is 4.98 Å². The van der Waals surface area contributed by atoms with E-state index in [4.69, 9.17) is 9.97 Å². The molecular formula is C51H66N14O4. The van der Waals surface area contributed by atoms with Crippen molar-refractivity contribution in [1.82, 2.24) is 39.5 Å². The lowest BCUT2D eigenvalue weighted by Crippen LogP contribution is -2.51. The minimum atomic E-state index is -0.272. The second-order valence-corrected chi connectivity index (χ2v) is 19.8. The Morgan fingerprint density at radius 2 is 1.57 bits per heavy atom. The van der Waals surface area contributed by atoms with Gasteiger partial charge in [-0.1, -0.05) is 12.8 Å². The molecule has 4 aliphatic rings. The van der Waals surface area contributed by atoms with Crippen LogP contribution in [0.25, 0.3) is 11.0 Å². The van der Waals surface area contributed by atoms with Gasteiger partial charge in [0.1, 0.15) is 11.5 Å². The molecule has 2 saturated heterocycles. The van der Waals surface area contributed by atoms with Gasteiger partial charge in [0.15, 0.2) is 17.4 Å². The molecule has 0 radical (unpaired) electrons. The SMILES string of the molecule is CC(=O)c1c(C)c2cnc(Nc3ccc(N4CCN(C5CCN(C(=O)C6CCC(Nc7cc(NC(C)C)ccc7C(=O)Nc7ccc(N(C)C)nn7)CC6)C5)CC4)cn3)nc2n(C2CCCC2)c1=O. The number of likely N-dealkylation sites (tertiary alicyclic amines) is 1. The molecule has 364 valence electrons. The average Bonchev–Trinajstić information content (AvgIpc) is 4.06. The second-order valence-electron chi connectivity index (χ2n) is 19.8. The number of rotatable bonds is 14. The minimum absolute atomic E-state index is 0.000889. The summed E-state index contributed by atoms with van der Waals surface area (Å²) in [5.41, 5.74) is 4.35. The number of Topliss-reactive ketones (excluding diaryl/α,β-unsaturated/α-hetero) is 1. The van der Waals surface area contributed by atoms with E-state index >= 15 is 0 Å². The van der Waals surface area contributed by atoms with Gasteiger partial charge in [-0.15, -0.1) is 10.2 Å². The van der Waals surface area contributed by atoms with Gasteiger partial charge in [-0.3, -0.25) is 28.6 Å². The number of carbonyl (C=O) groups is 3. The van der Waals surface area contributed by atoms with Crippen LogP contribution in [-0.2, 0) is 4.79 Å². The number of ketones is 1. The molecule has 9 rings (SSSR count). The zero-order valence-electron chi connectivity index (χ0n) is 40.8. The van der Waals surface area contributed by atoms with Crippen molar-refractivity contribution in [3.8, 4) is 0 Å². The van der Waals surface area contributed by atoms with E-state index in [2.05, 4.69) is 71.1 Å². The van der Waals surface area contributed by atoms with Crippen LogP contribution in [-0.4, -0.2) is 129 Å². The van der Waals surface area contributed by atoms with Crippen LogP contribution in [0, 0.1) is 12.8 Å². The first-order valence-electron chi connectivity index (χ1n) is 24.7. The van der Waals surface area contributed by atoms with E-state index < -0.39 is 0 Å². The predicted molar refractivity (Wildman–Crippen MR) is 271 cm³/mol. The Morgan fingerprint density at radius 3 is 2.23 bits per heavy atom. The van der Waals surface area contributed by atoms with Crippen LogP contribution in [0.5, 0.6) is 0 Å². The Labute approximate surface area is 403 Å². The van der Waals surface area contributed by atoms with Crippen molar-refractivity contribution in [2.45, 2.75) is 110 Å². The molecule has 6 heterocycles. The molecule has 18 heteroatoms. The maximum Gasteiger partial charge on any atom is 0.263 e. The topological polar surface area (TPSA) is 199 Å². The van der Waals surface area contributed by atoms with E-state index in [9.17, 15) is 19.2 Å². The molecule has 5 aromatic rings. The lowest BCUT2D eigenvalue weighted by atomic mass is 9.85. The van der Waals surface area contributed by atoms with E-state index in [0.29, 0.717) is 51.6 Å². The molecule has 1 aromatic carbocycles. The smallest absolute Gasteiger partial charge is 0.263 e. The fourth-order valence-electron chi connectivity index (χ4n) is 10.7. The third-order valence-corrected chi connectivity index (χ3v) is 14.4. The minimum Gasteiger partial charge on any atom is -0.383 e. The van der Waals surface area contributed by atoms with Crippen LogP contribution < -0.4 is 36.6 Å². The van der Waals surface area contributed by atoms with E-state index in [1.165, 1.54) is 6.92 Å². The van der Waals surface area contributed by atoms with Crippen LogP contribution in [0.3, 0.4) is 0 Å². The number of fused-ring (bicyclic) bond motifs is 1. The van der Waals surface area contributed by atoms with Gasteiger partial charge in [-0.05, 0) is 121 Å². The number of benzene rings is 1. The van der Waals surface area contributed by atoms with E-state index in [1.807, 2.05) is 55.5 Å². The Kier molecular flexibility index (Phi) is 14.1. The van der Waals surface area contributed by atoms with Crippen molar-refractivity contribution >= 4 is 69.1 Å². The maximum atomic E-state index is 13.9. The van der Waals surface area contributed by atoms with Crippen LogP contribution >= 0.6 is 0 Å². The molecule has 18 nitrogen and oxygen atoms in total. The number of aryl methyl sites for hydroxylation is 1. The van der Waals surface area contributed by atoms with Crippen molar-refractivity contribution in [1.29, 1.82) is 0 Å². The van der Waals surface area contributed by atoms with Gasteiger partial charge < -0.3 is 36.0 Å². The third-order valence-electron chi connectivity index (χ3n) is 14.4. The quantitative estimate of drug-likeness (QED) is 0.0840. The number of hydrogen-bond acceptors (Lipinski definition) is 15. The Morgan fingerprint density at radius 1 is 0.812 bits per heavy atom. The number of anilines is 7. The van der Waals surface area contributed by atoms with Gasteiger partial charge in [0.2, 0.25) is 11.9 Å². The molecule has 1 atom stereocenters. The standard InChI is InChI=1S/C51H66N14O4/c1-31(2)54-36-15-17-40(48(67)56-44-19-20-45(60-59-44)61(5)6)42(27-36)55-35-13-11-34(12-14-35)49(68)64-22-21-39(30-64)63-25-23-62(24-26-63)38-16-18-43(52-28-38)57-51-53-29-41-32(3)46(33(4)66)50(69)65(47(41)58-51)37-9-7-8-10-37/h15-20,27-29,31,34-35,37,39,54-55H,7-14,21-26,30H2,1-6H3,(H,56,59,67)(H,52,53,57,58). The monoisotopic (exact) mass is 939 g/mol. The molecule has 2 aliphatic heterocycles. The van der Waals surface area contributed by atoms with Gasteiger partial charge >= 0.3 is 0 Å². The molecule has 4 aromatic heterocycles. The molecule has 2 saturated carbocycles. The third kappa shape index (κ3) is 10.5. The molecule has 0 bridgehead atoms. The number of pyridine rings is 2. The summed E-state index contributed by atoms with van der Waals surface area (Å²) < 4.78 is 1.72. The summed E-state index contributed by atoms with van der Waals surface area (Å²) in [5, 5.41) is 22.4. The molecule has 2 aliphatic carbocycles. The fraction of sp³-hybridized carbons (Fsp3) is 0.510. The highest BCUT2D eigenvalue weighted by atomic mass is 16.2. The number of aromatic nitrogens is 6. The highest BCUT2D eigenvalue weighted by molar-refractivity contribution is 6.08. The molecule has 2 amide bonds. The number of carbonyl (C=O) groups excluding carboxylic acids is 3. The molecule has 0 spiro atoms. The molecule has 69 heavy (non-hydrogen) atoms. The Balaban J connectivity index is 0.755. The van der Waals surface area contributed by atoms with E-state index in [0.717, 1.165) is 114 Å². The largest absolute Gasteiger partial charge is 0.383 e. The summed E-state index contributed by atoms with van der Waals surface area (Å²) in [5.74, 6) is 1.80. The normalized spacial score (nSPS) is 20.1. The van der Waals surface area contributed by atoms with Crippen molar-refractivity contribution in [3.05, 3.63) is 81.9 Å². The number of hydrogen-bond donors (Lipinski definition) is 4. The zero-order chi connectivity index (χ0) is 48.3. The van der Waals surface area contributed by atoms with Crippen molar-refractivity contribution in [2.24, 2.45) is 5.92 Å². The lowest BCUT2D eigenvalue weighted by Gasteiger charge is -2.39. The van der Waals surface area contributed by atoms with Gasteiger partial charge in [0, 0.05) is 106 Å².